The van der Waals surface area contributed by atoms with Crippen molar-refractivity contribution in [2.24, 2.45) is 5.92 Å². The fraction of sp³-hybridized carbons (Fsp3) is 0.611. The minimum Gasteiger partial charge on any atom is -0.338 e. The van der Waals surface area contributed by atoms with Crippen molar-refractivity contribution >= 4 is 29.9 Å². The molecule has 1 aromatic carbocycles. The molecule has 1 saturated heterocycles. The molecule has 0 unspecified atom stereocenters. The molecule has 1 aromatic rings. The van der Waals surface area contributed by atoms with Crippen molar-refractivity contribution in [3.05, 3.63) is 34.6 Å². The lowest BCUT2D eigenvalue weighted by atomic mass is 9.93. The van der Waals surface area contributed by atoms with E-state index in [9.17, 15) is 9.18 Å². The van der Waals surface area contributed by atoms with E-state index >= 15 is 0 Å². The Balaban J connectivity index is 0.00000288. The maximum atomic E-state index is 14.0. The number of nitrogens with one attached hydrogen (secondary N) is 1. The van der Waals surface area contributed by atoms with Crippen LogP contribution in [0.5, 0.6) is 0 Å². The summed E-state index contributed by atoms with van der Waals surface area (Å²) in [5, 5.41) is 3.73. The molecule has 0 aliphatic carbocycles. The fourth-order valence-corrected chi connectivity index (χ4v) is 3.31. The molecule has 2 rings (SSSR count). The lowest BCUT2D eigenvalue weighted by Gasteiger charge is -2.26. The van der Waals surface area contributed by atoms with E-state index in [2.05, 4.69) is 5.32 Å². The van der Waals surface area contributed by atoms with Gasteiger partial charge in [0.2, 0.25) is 5.91 Å². The van der Waals surface area contributed by atoms with Crippen LogP contribution in [-0.4, -0.2) is 30.4 Å². The highest BCUT2D eigenvalue weighted by molar-refractivity contribution is 6.31. The zero-order chi connectivity index (χ0) is 16.7. The molecule has 6 heteroatoms. The van der Waals surface area contributed by atoms with Crippen molar-refractivity contribution < 1.29 is 9.18 Å². The number of hydrogen-bond acceptors (Lipinski definition) is 2. The van der Waals surface area contributed by atoms with Gasteiger partial charge in [-0.1, -0.05) is 24.6 Å². The minimum absolute atomic E-state index is 0. The number of carbonyl (C=O) groups is 1. The minimum atomic E-state index is -0.343. The van der Waals surface area contributed by atoms with Crippen molar-refractivity contribution in [2.75, 3.05) is 19.6 Å². The Morgan fingerprint density at radius 3 is 2.71 bits per heavy atom. The Kier molecular flexibility index (Phi) is 9.64. The zero-order valence-corrected chi connectivity index (χ0v) is 15.8. The molecule has 1 N–H and O–H groups in total. The first-order chi connectivity index (χ1) is 11.1. The summed E-state index contributed by atoms with van der Waals surface area (Å²) in [4.78, 5) is 14.3. The smallest absolute Gasteiger partial charge is 0.222 e. The normalized spacial score (nSPS) is 15.0. The van der Waals surface area contributed by atoms with Crippen LogP contribution >= 0.6 is 24.0 Å². The third kappa shape index (κ3) is 6.23. The number of halogens is 3. The van der Waals surface area contributed by atoms with Gasteiger partial charge in [0.25, 0.3) is 0 Å². The molecule has 24 heavy (non-hydrogen) atoms. The average Bonchev–Trinajstić information content (AvgIpc) is 2.56. The largest absolute Gasteiger partial charge is 0.338 e. The summed E-state index contributed by atoms with van der Waals surface area (Å²) < 4.78 is 14.0. The molecule has 1 aliphatic heterocycles. The number of hydrogen-bond donors (Lipinski definition) is 1. The Bertz CT molecular complexity index is 501. The molecule has 1 fully saturated rings. The molecule has 0 atom stereocenters. The highest BCUT2D eigenvalue weighted by Gasteiger charge is 2.19. The Morgan fingerprint density at radius 1 is 1.38 bits per heavy atom. The van der Waals surface area contributed by atoms with Crippen LogP contribution in [-0.2, 0) is 11.3 Å². The summed E-state index contributed by atoms with van der Waals surface area (Å²) >= 11 is 6.09. The van der Waals surface area contributed by atoms with Gasteiger partial charge in [-0.25, -0.2) is 4.39 Å². The average molecular weight is 377 g/mol. The monoisotopic (exact) mass is 376 g/mol. The van der Waals surface area contributed by atoms with E-state index in [4.69, 9.17) is 11.6 Å². The van der Waals surface area contributed by atoms with Gasteiger partial charge in [-0.3, -0.25) is 4.79 Å². The van der Waals surface area contributed by atoms with Gasteiger partial charge in [0.1, 0.15) is 5.82 Å². The fourth-order valence-electron chi connectivity index (χ4n) is 3.09. The quantitative estimate of drug-likeness (QED) is 0.763. The molecule has 1 amide bonds. The third-order valence-corrected chi connectivity index (χ3v) is 4.84. The molecule has 0 aromatic heterocycles. The SMILES string of the molecule is CCCN(Cc1c(F)cccc1Cl)C(=O)CCC1CCNCC1.Cl. The van der Waals surface area contributed by atoms with Gasteiger partial charge in [-0.05, 0) is 56.8 Å². The van der Waals surface area contributed by atoms with Gasteiger partial charge < -0.3 is 10.2 Å². The predicted molar refractivity (Wildman–Crippen MR) is 99.2 cm³/mol. The van der Waals surface area contributed by atoms with E-state index in [1.165, 1.54) is 6.07 Å². The van der Waals surface area contributed by atoms with Crippen molar-refractivity contribution in [2.45, 2.75) is 45.6 Å². The maximum Gasteiger partial charge on any atom is 0.222 e. The topological polar surface area (TPSA) is 32.3 Å². The maximum absolute atomic E-state index is 14.0. The third-order valence-electron chi connectivity index (χ3n) is 4.48. The first-order valence-corrected chi connectivity index (χ1v) is 8.91. The first-order valence-electron chi connectivity index (χ1n) is 8.53. The van der Waals surface area contributed by atoms with E-state index in [0.717, 1.165) is 38.8 Å². The summed E-state index contributed by atoms with van der Waals surface area (Å²) in [7, 11) is 0. The van der Waals surface area contributed by atoms with Crippen molar-refractivity contribution in [1.82, 2.24) is 10.2 Å². The van der Waals surface area contributed by atoms with E-state index < -0.39 is 0 Å². The number of carbonyl (C=O) groups excluding carboxylic acids is 1. The second-order valence-electron chi connectivity index (χ2n) is 6.25. The van der Waals surface area contributed by atoms with Gasteiger partial charge in [-0.2, -0.15) is 0 Å². The van der Waals surface area contributed by atoms with Crippen LogP contribution in [0.25, 0.3) is 0 Å². The molecule has 1 aliphatic rings. The standard InChI is InChI=1S/C18H26ClFN2O.ClH/c1-2-12-22(13-15-16(19)4-3-5-17(15)20)18(23)7-6-14-8-10-21-11-9-14;/h3-5,14,21H,2,6-13H2,1H3;1H. The predicted octanol–water partition coefficient (Wildman–Crippen LogP) is 4.42. The van der Waals surface area contributed by atoms with Gasteiger partial charge in [-0.15, -0.1) is 12.4 Å². The summed E-state index contributed by atoms with van der Waals surface area (Å²) in [6, 6.07) is 4.65. The van der Waals surface area contributed by atoms with Gasteiger partial charge >= 0.3 is 0 Å². The van der Waals surface area contributed by atoms with Crippen molar-refractivity contribution in [1.29, 1.82) is 0 Å². The van der Waals surface area contributed by atoms with Crippen molar-refractivity contribution in [3.63, 3.8) is 0 Å². The summed E-state index contributed by atoms with van der Waals surface area (Å²) in [6.45, 7) is 5.00. The second-order valence-corrected chi connectivity index (χ2v) is 6.65. The van der Waals surface area contributed by atoms with Crippen LogP contribution in [0.3, 0.4) is 0 Å². The Hall–Kier alpha value is -0.840. The van der Waals surface area contributed by atoms with Gasteiger partial charge in [0, 0.05) is 30.1 Å². The molecular formula is C18H27Cl2FN2O. The lowest BCUT2D eigenvalue weighted by Crippen LogP contribution is -2.33. The second kappa shape index (κ2) is 10.9. The van der Waals surface area contributed by atoms with Gasteiger partial charge in [0.15, 0.2) is 0 Å². The van der Waals surface area contributed by atoms with Crippen LogP contribution in [0, 0.1) is 11.7 Å². The van der Waals surface area contributed by atoms with E-state index in [1.807, 2.05) is 6.92 Å². The summed E-state index contributed by atoms with van der Waals surface area (Å²) in [5.41, 5.74) is 0.415. The lowest BCUT2D eigenvalue weighted by molar-refractivity contribution is -0.132. The number of benzene rings is 1. The van der Waals surface area contributed by atoms with E-state index in [1.54, 1.807) is 17.0 Å². The number of nitrogens with zero attached hydrogens (tertiary/aromatic N) is 1. The molecule has 0 radical (unpaired) electrons. The molecule has 3 nitrogen and oxygen atoms in total. The number of amides is 1. The number of rotatable bonds is 7. The molecule has 136 valence electrons. The molecular weight excluding hydrogens is 350 g/mol. The molecule has 1 heterocycles. The van der Waals surface area contributed by atoms with Crippen LogP contribution in [0.4, 0.5) is 4.39 Å². The van der Waals surface area contributed by atoms with Crippen molar-refractivity contribution in [3.8, 4) is 0 Å². The first kappa shape index (κ1) is 21.2. The van der Waals surface area contributed by atoms with E-state index in [-0.39, 0.29) is 30.7 Å². The van der Waals surface area contributed by atoms with Crippen LogP contribution in [0.2, 0.25) is 5.02 Å². The molecule has 0 bridgehead atoms. The Morgan fingerprint density at radius 2 is 2.08 bits per heavy atom. The summed E-state index contributed by atoms with van der Waals surface area (Å²) in [5.74, 6) is 0.384. The van der Waals surface area contributed by atoms with Crippen LogP contribution in [0.15, 0.2) is 18.2 Å². The highest BCUT2D eigenvalue weighted by Crippen LogP contribution is 2.23. The molecule has 0 spiro atoms. The molecule has 0 saturated carbocycles. The highest BCUT2D eigenvalue weighted by atomic mass is 35.5. The zero-order valence-electron chi connectivity index (χ0n) is 14.2. The van der Waals surface area contributed by atoms with Crippen LogP contribution < -0.4 is 5.32 Å². The van der Waals surface area contributed by atoms with E-state index in [0.29, 0.717) is 29.5 Å². The number of piperidine rings is 1. The summed E-state index contributed by atoms with van der Waals surface area (Å²) in [6.07, 6.45) is 4.59. The van der Waals surface area contributed by atoms with Crippen LogP contribution in [0.1, 0.15) is 44.6 Å². The van der Waals surface area contributed by atoms with Gasteiger partial charge in [0.05, 0.1) is 0 Å². The Labute approximate surface area is 155 Å².